The van der Waals surface area contributed by atoms with Crippen molar-refractivity contribution >= 4 is 5.57 Å². The molecule has 0 aliphatic rings. The van der Waals surface area contributed by atoms with Crippen LogP contribution in [0.2, 0.25) is 0 Å². The van der Waals surface area contributed by atoms with E-state index in [2.05, 4.69) is 12.1 Å². The number of hydrogen-bond acceptors (Lipinski definition) is 2. The summed E-state index contributed by atoms with van der Waals surface area (Å²) >= 11 is 0. The Balaban J connectivity index is 2.97. The van der Waals surface area contributed by atoms with Gasteiger partial charge in [-0.1, -0.05) is 43.3 Å². The van der Waals surface area contributed by atoms with E-state index in [0.29, 0.717) is 0 Å². The van der Waals surface area contributed by atoms with Crippen molar-refractivity contribution in [1.29, 1.82) is 0 Å². The molecule has 0 saturated carbocycles. The first-order valence-corrected chi connectivity index (χ1v) is 5.10. The monoisotopic (exact) mass is 203 g/mol. The van der Waals surface area contributed by atoms with E-state index in [0.717, 1.165) is 17.8 Å². The number of allylic oxidation sites excluding steroid dienone is 4. The zero-order chi connectivity index (χ0) is 11.1. The van der Waals surface area contributed by atoms with Gasteiger partial charge in [0.25, 0.3) is 0 Å². The molecule has 15 heavy (non-hydrogen) atoms. The fourth-order valence-corrected chi connectivity index (χ4v) is 1.36. The first kappa shape index (κ1) is 11.5. The van der Waals surface area contributed by atoms with Gasteiger partial charge in [0.05, 0.1) is 0 Å². The fourth-order valence-electron chi connectivity index (χ4n) is 1.36. The predicted octanol–water partition coefficient (Wildman–Crippen LogP) is 3.27. The standard InChI is InChI=1S/C13H17NO/c1-3-11(10-13(4-2)15-14)12-8-6-5-7-9-12/h3,5-10H,4,14H2,1-2H3/b11-3+,13-10-. The highest BCUT2D eigenvalue weighted by atomic mass is 16.6. The Labute approximate surface area is 91.0 Å². The molecule has 1 aromatic carbocycles. The van der Waals surface area contributed by atoms with Gasteiger partial charge in [-0.25, -0.2) is 0 Å². The maximum absolute atomic E-state index is 5.17. The maximum atomic E-state index is 5.17. The highest BCUT2D eigenvalue weighted by Crippen LogP contribution is 2.18. The van der Waals surface area contributed by atoms with Crippen LogP contribution in [0.3, 0.4) is 0 Å². The van der Waals surface area contributed by atoms with Gasteiger partial charge >= 0.3 is 0 Å². The van der Waals surface area contributed by atoms with Crippen molar-refractivity contribution in [2.24, 2.45) is 5.90 Å². The summed E-state index contributed by atoms with van der Waals surface area (Å²) in [6.07, 6.45) is 4.81. The fraction of sp³-hybridized carbons (Fsp3) is 0.231. The largest absolute Gasteiger partial charge is 0.416 e. The van der Waals surface area contributed by atoms with Crippen LogP contribution in [0.4, 0.5) is 0 Å². The van der Waals surface area contributed by atoms with Crippen LogP contribution in [0.5, 0.6) is 0 Å². The van der Waals surface area contributed by atoms with Crippen LogP contribution < -0.4 is 5.90 Å². The summed E-state index contributed by atoms with van der Waals surface area (Å²) in [6.45, 7) is 4.01. The van der Waals surface area contributed by atoms with Crippen molar-refractivity contribution in [3.05, 3.63) is 53.8 Å². The lowest BCUT2D eigenvalue weighted by molar-refractivity contribution is 0.212. The summed E-state index contributed by atoms with van der Waals surface area (Å²) in [4.78, 5) is 4.77. The van der Waals surface area contributed by atoms with E-state index in [-0.39, 0.29) is 0 Å². The summed E-state index contributed by atoms with van der Waals surface area (Å²) in [7, 11) is 0. The Morgan fingerprint density at radius 2 is 2.00 bits per heavy atom. The van der Waals surface area contributed by atoms with Gasteiger partial charge in [-0.2, -0.15) is 5.90 Å². The Bertz CT molecular complexity index is 346. The molecule has 0 spiro atoms. The van der Waals surface area contributed by atoms with Gasteiger partial charge in [-0.05, 0) is 24.1 Å². The lowest BCUT2D eigenvalue weighted by Gasteiger charge is -2.05. The van der Waals surface area contributed by atoms with Gasteiger partial charge < -0.3 is 4.84 Å². The first-order valence-electron chi connectivity index (χ1n) is 5.10. The molecular weight excluding hydrogens is 186 g/mol. The van der Waals surface area contributed by atoms with Crippen LogP contribution in [0.15, 0.2) is 48.2 Å². The van der Waals surface area contributed by atoms with Crippen LogP contribution in [0.25, 0.3) is 5.57 Å². The molecule has 0 aliphatic heterocycles. The molecule has 2 nitrogen and oxygen atoms in total. The van der Waals surface area contributed by atoms with Crippen molar-refractivity contribution in [3.8, 4) is 0 Å². The minimum Gasteiger partial charge on any atom is -0.416 e. The molecule has 0 radical (unpaired) electrons. The van der Waals surface area contributed by atoms with Crippen LogP contribution >= 0.6 is 0 Å². The Hall–Kier alpha value is -1.54. The van der Waals surface area contributed by atoms with Crippen molar-refractivity contribution in [3.63, 3.8) is 0 Å². The third-order valence-electron chi connectivity index (χ3n) is 2.23. The zero-order valence-corrected chi connectivity index (χ0v) is 9.23. The predicted molar refractivity (Wildman–Crippen MR) is 63.7 cm³/mol. The normalized spacial score (nSPS) is 12.7. The van der Waals surface area contributed by atoms with E-state index in [1.165, 1.54) is 5.56 Å². The van der Waals surface area contributed by atoms with Crippen molar-refractivity contribution in [1.82, 2.24) is 0 Å². The zero-order valence-electron chi connectivity index (χ0n) is 9.23. The Morgan fingerprint density at radius 1 is 1.33 bits per heavy atom. The van der Waals surface area contributed by atoms with E-state index < -0.39 is 0 Å². The molecule has 1 aromatic rings. The van der Waals surface area contributed by atoms with E-state index in [4.69, 9.17) is 10.7 Å². The molecule has 2 N–H and O–H groups in total. The third-order valence-corrected chi connectivity index (χ3v) is 2.23. The van der Waals surface area contributed by atoms with Crippen molar-refractivity contribution in [2.75, 3.05) is 0 Å². The molecule has 0 heterocycles. The van der Waals surface area contributed by atoms with E-state index in [9.17, 15) is 0 Å². The quantitative estimate of drug-likeness (QED) is 0.463. The molecule has 0 amide bonds. The topological polar surface area (TPSA) is 35.2 Å². The van der Waals surface area contributed by atoms with Crippen LogP contribution in [0, 0.1) is 0 Å². The molecule has 0 aliphatic carbocycles. The smallest absolute Gasteiger partial charge is 0.124 e. The van der Waals surface area contributed by atoms with Crippen LogP contribution in [-0.2, 0) is 4.84 Å². The number of rotatable bonds is 4. The average molecular weight is 203 g/mol. The molecule has 0 unspecified atom stereocenters. The molecular formula is C13H17NO. The minimum atomic E-state index is 0.784. The number of benzene rings is 1. The molecule has 0 bridgehead atoms. The molecule has 1 rings (SSSR count). The van der Waals surface area contributed by atoms with E-state index in [1.807, 2.05) is 44.2 Å². The molecule has 0 saturated heterocycles. The molecule has 80 valence electrons. The summed E-state index contributed by atoms with van der Waals surface area (Å²) in [6, 6.07) is 10.2. The molecule has 0 aromatic heterocycles. The number of hydrogen-bond donors (Lipinski definition) is 1. The summed E-state index contributed by atoms with van der Waals surface area (Å²) < 4.78 is 0. The summed E-state index contributed by atoms with van der Waals surface area (Å²) in [5.41, 5.74) is 2.29. The SMILES string of the molecule is C/C=C(\C=C(\CC)ON)c1ccccc1. The lowest BCUT2D eigenvalue weighted by atomic mass is 10.0. The number of nitrogens with two attached hydrogens (primary N) is 1. The van der Waals surface area contributed by atoms with E-state index in [1.54, 1.807) is 0 Å². The van der Waals surface area contributed by atoms with Crippen LogP contribution in [-0.4, -0.2) is 0 Å². The Morgan fingerprint density at radius 3 is 2.47 bits per heavy atom. The highest BCUT2D eigenvalue weighted by Gasteiger charge is 1.99. The first-order chi connectivity index (χ1) is 7.31. The van der Waals surface area contributed by atoms with Gasteiger partial charge in [-0.3, -0.25) is 0 Å². The second-order valence-electron chi connectivity index (χ2n) is 3.19. The lowest BCUT2D eigenvalue weighted by Crippen LogP contribution is -1.98. The van der Waals surface area contributed by atoms with Gasteiger partial charge in [-0.15, -0.1) is 0 Å². The minimum absolute atomic E-state index is 0.784. The second-order valence-corrected chi connectivity index (χ2v) is 3.19. The van der Waals surface area contributed by atoms with Crippen molar-refractivity contribution < 1.29 is 4.84 Å². The van der Waals surface area contributed by atoms with Crippen molar-refractivity contribution in [2.45, 2.75) is 20.3 Å². The highest BCUT2D eigenvalue weighted by molar-refractivity contribution is 5.73. The third kappa shape index (κ3) is 3.26. The summed E-state index contributed by atoms with van der Waals surface area (Å²) in [5.74, 6) is 5.95. The summed E-state index contributed by atoms with van der Waals surface area (Å²) in [5, 5.41) is 0. The molecule has 0 atom stereocenters. The van der Waals surface area contributed by atoms with Gasteiger partial charge in [0.2, 0.25) is 0 Å². The van der Waals surface area contributed by atoms with Crippen LogP contribution in [0.1, 0.15) is 25.8 Å². The van der Waals surface area contributed by atoms with E-state index >= 15 is 0 Å². The maximum Gasteiger partial charge on any atom is 0.124 e. The van der Waals surface area contributed by atoms with Gasteiger partial charge in [0, 0.05) is 6.42 Å². The molecule has 2 heteroatoms. The Kier molecular flexibility index (Phi) is 4.64. The van der Waals surface area contributed by atoms with Gasteiger partial charge in [0.15, 0.2) is 0 Å². The second kappa shape index (κ2) is 6.04. The average Bonchev–Trinajstić information content (AvgIpc) is 2.32. The van der Waals surface area contributed by atoms with Gasteiger partial charge in [0.1, 0.15) is 5.76 Å². The molecule has 0 fully saturated rings.